The van der Waals surface area contributed by atoms with E-state index in [1.807, 2.05) is 0 Å². The zero-order valence-corrected chi connectivity index (χ0v) is 11.2. The van der Waals surface area contributed by atoms with E-state index in [1.54, 1.807) is 32.0 Å². The predicted octanol–water partition coefficient (Wildman–Crippen LogP) is 4.26. The summed E-state index contributed by atoms with van der Waals surface area (Å²) in [4.78, 5) is 0. The zero-order chi connectivity index (χ0) is 14.7. The lowest BCUT2D eigenvalue weighted by molar-refractivity contribution is 0.615. The molecule has 1 unspecified atom stereocenters. The summed E-state index contributed by atoms with van der Waals surface area (Å²) in [6.45, 7) is 3.42. The summed E-state index contributed by atoms with van der Waals surface area (Å²) in [6, 6.07) is 10.4. The second-order valence-corrected chi connectivity index (χ2v) is 4.73. The Bertz CT molecular complexity index is 654. The summed E-state index contributed by atoms with van der Waals surface area (Å²) in [5.41, 5.74) is 2.28. The van der Waals surface area contributed by atoms with Crippen molar-refractivity contribution in [1.82, 2.24) is 0 Å². The molecule has 0 aromatic heterocycles. The maximum Gasteiger partial charge on any atom is 0.140 e. The van der Waals surface area contributed by atoms with Crippen molar-refractivity contribution in [2.75, 3.05) is 5.32 Å². The lowest BCUT2D eigenvalue weighted by Crippen LogP contribution is -2.09. The van der Waals surface area contributed by atoms with Crippen molar-refractivity contribution in [2.45, 2.75) is 19.9 Å². The van der Waals surface area contributed by atoms with Gasteiger partial charge >= 0.3 is 0 Å². The van der Waals surface area contributed by atoms with Crippen LogP contribution in [0.15, 0.2) is 36.4 Å². The first-order chi connectivity index (χ1) is 9.49. The highest BCUT2D eigenvalue weighted by Gasteiger charge is 2.12. The summed E-state index contributed by atoms with van der Waals surface area (Å²) < 4.78 is 26.9. The lowest BCUT2D eigenvalue weighted by Gasteiger charge is -2.14. The van der Waals surface area contributed by atoms with Crippen molar-refractivity contribution in [3.63, 3.8) is 0 Å². The topological polar surface area (TPSA) is 35.8 Å². The minimum Gasteiger partial charge on any atom is -0.366 e. The molecule has 0 bridgehead atoms. The van der Waals surface area contributed by atoms with E-state index < -0.39 is 6.04 Å². The Balaban J connectivity index is 2.29. The second-order valence-electron chi connectivity index (χ2n) is 4.73. The van der Waals surface area contributed by atoms with Crippen LogP contribution in [0.2, 0.25) is 0 Å². The number of hydrogen-bond donors (Lipinski definition) is 1. The zero-order valence-electron chi connectivity index (χ0n) is 11.2. The van der Waals surface area contributed by atoms with Gasteiger partial charge in [0.05, 0.1) is 6.07 Å². The summed E-state index contributed by atoms with van der Waals surface area (Å²) in [5, 5.41) is 12.1. The van der Waals surface area contributed by atoms with Gasteiger partial charge in [0.1, 0.15) is 17.7 Å². The molecular weight excluding hydrogens is 258 g/mol. The van der Waals surface area contributed by atoms with Gasteiger partial charge in [-0.3, -0.25) is 0 Å². The van der Waals surface area contributed by atoms with Gasteiger partial charge in [-0.1, -0.05) is 12.1 Å². The van der Waals surface area contributed by atoms with E-state index in [9.17, 15) is 14.0 Å². The van der Waals surface area contributed by atoms with Gasteiger partial charge in [-0.05, 0) is 54.8 Å². The highest BCUT2D eigenvalue weighted by Crippen LogP contribution is 2.22. The van der Waals surface area contributed by atoms with E-state index in [0.29, 0.717) is 16.8 Å². The van der Waals surface area contributed by atoms with Gasteiger partial charge in [0.15, 0.2) is 0 Å². The van der Waals surface area contributed by atoms with Crippen molar-refractivity contribution >= 4 is 5.69 Å². The maximum absolute atomic E-state index is 13.5. The summed E-state index contributed by atoms with van der Waals surface area (Å²) in [7, 11) is 0. The number of hydrogen-bond acceptors (Lipinski definition) is 2. The number of benzene rings is 2. The molecule has 4 heteroatoms. The third-order valence-electron chi connectivity index (χ3n) is 3.01. The molecule has 20 heavy (non-hydrogen) atoms. The van der Waals surface area contributed by atoms with E-state index in [-0.39, 0.29) is 11.6 Å². The van der Waals surface area contributed by atoms with Gasteiger partial charge in [-0.25, -0.2) is 8.78 Å². The summed E-state index contributed by atoms with van der Waals surface area (Å²) in [5.74, 6) is -0.737. The molecule has 2 rings (SSSR count). The molecule has 0 heterocycles. The van der Waals surface area contributed by atoms with Crippen LogP contribution in [0.25, 0.3) is 0 Å². The molecule has 0 aliphatic rings. The first-order valence-corrected chi connectivity index (χ1v) is 6.19. The first-order valence-electron chi connectivity index (χ1n) is 6.19. The van der Waals surface area contributed by atoms with Crippen LogP contribution in [0.3, 0.4) is 0 Å². The van der Waals surface area contributed by atoms with Gasteiger partial charge in [0, 0.05) is 5.69 Å². The van der Waals surface area contributed by atoms with Crippen LogP contribution in [0.4, 0.5) is 14.5 Å². The van der Waals surface area contributed by atoms with Crippen molar-refractivity contribution in [3.8, 4) is 6.07 Å². The van der Waals surface area contributed by atoms with Crippen LogP contribution in [0.1, 0.15) is 22.7 Å². The maximum atomic E-state index is 13.5. The average molecular weight is 272 g/mol. The summed E-state index contributed by atoms with van der Waals surface area (Å²) in [6.07, 6.45) is 0. The van der Waals surface area contributed by atoms with E-state index in [2.05, 4.69) is 11.4 Å². The largest absolute Gasteiger partial charge is 0.366 e. The predicted molar refractivity (Wildman–Crippen MR) is 74.3 cm³/mol. The molecule has 0 aliphatic carbocycles. The lowest BCUT2D eigenvalue weighted by atomic mass is 10.0. The highest BCUT2D eigenvalue weighted by atomic mass is 19.1. The third-order valence-corrected chi connectivity index (χ3v) is 3.01. The van der Waals surface area contributed by atoms with Crippen LogP contribution in [0.5, 0.6) is 0 Å². The number of halogens is 2. The Kier molecular flexibility index (Phi) is 3.99. The smallest absolute Gasteiger partial charge is 0.140 e. The molecule has 0 radical (unpaired) electrons. The number of anilines is 1. The normalized spacial score (nSPS) is 11.8. The van der Waals surface area contributed by atoms with Crippen LogP contribution >= 0.6 is 0 Å². The van der Waals surface area contributed by atoms with Crippen LogP contribution < -0.4 is 5.32 Å². The SMILES string of the molecule is Cc1cc(F)cc(NC(C#N)c2ccc(C)c(F)c2)c1. The molecule has 0 amide bonds. The molecule has 2 nitrogen and oxygen atoms in total. The van der Waals surface area contributed by atoms with E-state index in [1.165, 1.54) is 18.2 Å². The fraction of sp³-hybridized carbons (Fsp3) is 0.188. The second kappa shape index (κ2) is 5.70. The van der Waals surface area contributed by atoms with Crippen LogP contribution in [-0.4, -0.2) is 0 Å². The number of rotatable bonds is 3. The molecule has 0 saturated carbocycles. The van der Waals surface area contributed by atoms with Gasteiger partial charge < -0.3 is 5.32 Å². The monoisotopic (exact) mass is 272 g/mol. The molecule has 0 fully saturated rings. The van der Waals surface area contributed by atoms with E-state index in [0.717, 1.165) is 5.56 Å². The third kappa shape index (κ3) is 3.12. The van der Waals surface area contributed by atoms with Gasteiger partial charge in [0.25, 0.3) is 0 Å². The van der Waals surface area contributed by atoms with Crippen LogP contribution in [-0.2, 0) is 0 Å². The molecule has 1 N–H and O–H groups in total. The Labute approximate surface area is 116 Å². The average Bonchev–Trinajstić information content (AvgIpc) is 2.38. The number of nitrogens with one attached hydrogen (secondary N) is 1. The minimum atomic E-state index is -0.730. The first kappa shape index (κ1) is 14.0. The molecule has 0 aliphatic heterocycles. The molecule has 1 atom stereocenters. The van der Waals surface area contributed by atoms with E-state index in [4.69, 9.17) is 0 Å². The molecule has 102 valence electrons. The molecule has 0 saturated heterocycles. The van der Waals surface area contributed by atoms with Gasteiger partial charge in [0.2, 0.25) is 0 Å². The number of aryl methyl sites for hydroxylation is 2. The fourth-order valence-electron chi connectivity index (χ4n) is 1.97. The molecule has 2 aromatic carbocycles. The van der Waals surface area contributed by atoms with Crippen molar-refractivity contribution in [3.05, 3.63) is 64.7 Å². The van der Waals surface area contributed by atoms with Crippen molar-refractivity contribution in [2.24, 2.45) is 0 Å². The van der Waals surface area contributed by atoms with Crippen molar-refractivity contribution < 1.29 is 8.78 Å². The van der Waals surface area contributed by atoms with Crippen LogP contribution in [0, 0.1) is 36.8 Å². The number of nitriles is 1. The molecular formula is C16H14F2N2. The quantitative estimate of drug-likeness (QED) is 0.906. The summed E-state index contributed by atoms with van der Waals surface area (Å²) >= 11 is 0. The highest BCUT2D eigenvalue weighted by molar-refractivity contribution is 5.49. The fourth-order valence-corrected chi connectivity index (χ4v) is 1.97. The number of nitrogens with zero attached hydrogens (tertiary/aromatic N) is 1. The standard InChI is InChI=1S/C16H14F2N2/c1-10-5-13(17)8-14(6-10)20-16(9-19)12-4-3-11(2)15(18)7-12/h3-8,16,20H,1-2H3. The minimum absolute atomic E-state index is 0.361. The Morgan fingerprint density at radius 2 is 1.85 bits per heavy atom. The molecule has 2 aromatic rings. The van der Waals surface area contributed by atoms with Gasteiger partial charge in [-0.2, -0.15) is 5.26 Å². The van der Waals surface area contributed by atoms with Crippen molar-refractivity contribution in [1.29, 1.82) is 5.26 Å². The Morgan fingerprint density at radius 3 is 2.45 bits per heavy atom. The van der Waals surface area contributed by atoms with Gasteiger partial charge in [-0.15, -0.1) is 0 Å². The Morgan fingerprint density at radius 1 is 1.10 bits per heavy atom. The Hall–Kier alpha value is -2.41. The molecule has 0 spiro atoms. The van der Waals surface area contributed by atoms with E-state index >= 15 is 0 Å².